The Hall–Kier alpha value is -1.02. The predicted octanol–water partition coefficient (Wildman–Crippen LogP) is 5.42. The molecule has 10 atom stereocenters. The molecule has 7 heteroatoms. The van der Waals surface area contributed by atoms with Gasteiger partial charge < -0.3 is 24.8 Å². The van der Waals surface area contributed by atoms with Gasteiger partial charge in [-0.1, -0.05) is 83.1 Å². The van der Waals surface area contributed by atoms with Gasteiger partial charge in [-0.15, -0.1) is 0 Å². The van der Waals surface area contributed by atoms with Crippen LogP contribution in [0.25, 0.3) is 0 Å². The number of rotatable bonds is 2. The van der Waals surface area contributed by atoms with Gasteiger partial charge in [0.2, 0.25) is 0 Å². The van der Waals surface area contributed by atoms with Crippen molar-refractivity contribution in [3.63, 3.8) is 0 Å². The minimum atomic E-state index is -1.80. The molecule has 1 saturated heterocycles. The molecule has 0 unspecified atom stereocenters. The van der Waals surface area contributed by atoms with E-state index in [4.69, 9.17) is 9.47 Å². The smallest absolute Gasteiger partial charge is 0.309 e. The molecule has 7 nitrogen and oxygen atoms in total. The molecular weight excluding hydrogens is 460 g/mol. The zero-order chi connectivity index (χ0) is 29.6. The Morgan fingerprint density at radius 3 is 1.72 bits per heavy atom. The quantitative estimate of drug-likeness (QED) is 0.417. The molecule has 0 aromatic heterocycles. The number of carbonyl (C=O) groups is 2. The lowest BCUT2D eigenvalue weighted by atomic mass is 9.72. The van der Waals surface area contributed by atoms with Crippen LogP contribution >= 0.6 is 0 Å². The lowest BCUT2D eigenvalue weighted by molar-refractivity contribution is -0.193. The Labute approximate surface area is 222 Å². The third kappa shape index (κ3) is 10.0. The largest absolute Gasteiger partial charge is 0.459 e. The van der Waals surface area contributed by atoms with Gasteiger partial charge in [0.15, 0.2) is 0 Å². The molecule has 1 aliphatic rings. The van der Waals surface area contributed by atoms with Gasteiger partial charge in [0, 0.05) is 18.9 Å². The number of aliphatic hydroxyl groups excluding tert-OH is 1. The Morgan fingerprint density at radius 1 is 0.889 bits per heavy atom. The van der Waals surface area contributed by atoms with Gasteiger partial charge >= 0.3 is 5.97 Å². The van der Waals surface area contributed by atoms with Crippen molar-refractivity contribution in [2.24, 2.45) is 29.6 Å². The van der Waals surface area contributed by atoms with Crippen LogP contribution in [0.3, 0.4) is 0 Å². The van der Waals surface area contributed by atoms with Gasteiger partial charge in [-0.3, -0.25) is 9.59 Å². The zero-order valence-electron chi connectivity index (χ0n) is 26.0. The maximum absolute atomic E-state index is 13.0. The predicted molar refractivity (Wildman–Crippen MR) is 148 cm³/mol. The average Bonchev–Trinajstić information content (AvgIpc) is 2.87. The molecule has 1 aliphatic heterocycles. The van der Waals surface area contributed by atoms with E-state index in [0.717, 1.165) is 0 Å². The molecule has 1 heterocycles. The number of ketones is 1. The maximum atomic E-state index is 13.0. The highest BCUT2D eigenvalue weighted by atomic mass is 16.6. The summed E-state index contributed by atoms with van der Waals surface area (Å²) >= 11 is 0. The molecule has 0 aromatic carbocycles. The lowest BCUT2D eigenvalue weighted by Gasteiger charge is -2.43. The second-order valence-corrected chi connectivity index (χ2v) is 9.82. The molecule has 0 saturated carbocycles. The molecular formula is C29H60O7. The fraction of sp³-hybridized carbons (Fsp3) is 0.931. The summed E-state index contributed by atoms with van der Waals surface area (Å²) in [5.74, 6) is -3.16. The fourth-order valence-corrected chi connectivity index (χ4v) is 4.98. The Bertz CT molecular complexity index is 602. The number of aliphatic hydroxyl groups is 3. The fourth-order valence-electron chi connectivity index (χ4n) is 4.98. The third-order valence-electron chi connectivity index (χ3n) is 7.34. The highest BCUT2D eigenvalue weighted by Crippen LogP contribution is 2.37. The standard InChI is InChI=1S/C23H42O7.3C2H6/c1-10-17-23(8,28)19(25)16(6)18(24)12(2)11-22(7,27)20(29-9)14(4)13(3)15(5)21(26)30-17;3*1-2/h12-17,19-20,25,27-28H,10-11H2,1-9H3;3*1-2H3/t12-,13+,14+,15-,16+,17-,19-,20-,22-,23-;;;/m1.../s1. The average molecular weight is 521 g/mol. The van der Waals surface area contributed by atoms with Gasteiger partial charge in [-0.25, -0.2) is 0 Å². The van der Waals surface area contributed by atoms with Crippen molar-refractivity contribution in [3.8, 4) is 0 Å². The van der Waals surface area contributed by atoms with Crippen LogP contribution in [0.1, 0.15) is 110 Å². The van der Waals surface area contributed by atoms with E-state index in [2.05, 4.69) is 0 Å². The molecule has 0 amide bonds. The van der Waals surface area contributed by atoms with Crippen LogP contribution in [-0.2, 0) is 19.1 Å². The molecule has 218 valence electrons. The topological polar surface area (TPSA) is 113 Å². The van der Waals surface area contributed by atoms with E-state index in [1.165, 1.54) is 14.0 Å². The first-order chi connectivity index (χ1) is 16.6. The van der Waals surface area contributed by atoms with Crippen LogP contribution < -0.4 is 0 Å². The van der Waals surface area contributed by atoms with Crippen LogP contribution in [0.2, 0.25) is 0 Å². The molecule has 36 heavy (non-hydrogen) atoms. The van der Waals surface area contributed by atoms with Crippen molar-refractivity contribution in [3.05, 3.63) is 0 Å². The van der Waals surface area contributed by atoms with E-state index in [1.54, 1.807) is 34.6 Å². The third-order valence-corrected chi connectivity index (χ3v) is 7.34. The minimum absolute atomic E-state index is 0.136. The summed E-state index contributed by atoms with van der Waals surface area (Å²) in [6, 6.07) is 0. The number of hydrogen-bond donors (Lipinski definition) is 3. The number of ether oxygens (including phenoxy) is 2. The maximum Gasteiger partial charge on any atom is 0.309 e. The summed E-state index contributed by atoms with van der Waals surface area (Å²) in [7, 11) is 1.51. The number of esters is 1. The number of Topliss-reactive ketones (excluding diaryl/α,β-unsaturated/α-hetero) is 1. The highest BCUT2D eigenvalue weighted by Gasteiger charge is 2.48. The molecule has 0 aliphatic carbocycles. The van der Waals surface area contributed by atoms with Crippen LogP contribution in [0.15, 0.2) is 0 Å². The monoisotopic (exact) mass is 520 g/mol. The van der Waals surface area contributed by atoms with E-state index in [1.807, 2.05) is 55.4 Å². The first kappa shape index (κ1) is 39.5. The zero-order valence-corrected chi connectivity index (χ0v) is 26.0. The summed E-state index contributed by atoms with van der Waals surface area (Å²) in [5, 5.41) is 33.1. The van der Waals surface area contributed by atoms with Gasteiger partial charge in [0.25, 0.3) is 0 Å². The van der Waals surface area contributed by atoms with E-state index >= 15 is 0 Å². The SMILES string of the molecule is CC.CC.CC.CC[C@H]1OC(=O)[C@H](C)[C@@H](C)[C@H](C)[C@@H](OC)[C@](C)(O)C[C@@H](C)C(=O)[C@H](C)[C@@H](O)[C@]1(C)O. The van der Waals surface area contributed by atoms with E-state index < -0.39 is 53.2 Å². The molecule has 3 N–H and O–H groups in total. The van der Waals surface area contributed by atoms with Crippen molar-refractivity contribution in [2.45, 2.75) is 139 Å². The van der Waals surface area contributed by atoms with Crippen molar-refractivity contribution in [1.82, 2.24) is 0 Å². The molecule has 0 bridgehead atoms. The van der Waals surface area contributed by atoms with Crippen molar-refractivity contribution >= 4 is 11.8 Å². The van der Waals surface area contributed by atoms with Gasteiger partial charge in [0.1, 0.15) is 17.5 Å². The number of methoxy groups -OCH3 is 1. The van der Waals surface area contributed by atoms with Crippen molar-refractivity contribution < 1.29 is 34.4 Å². The minimum Gasteiger partial charge on any atom is -0.459 e. The van der Waals surface area contributed by atoms with E-state index in [9.17, 15) is 24.9 Å². The van der Waals surface area contributed by atoms with Crippen molar-refractivity contribution in [2.75, 3.05) is 7.11 Å². The van der Waals surface area contributed by atoms with Gasteiger partial charge in [-0.05, 0) is 38.5 Å². The number of cyclic esters (lactones) is 1. The Kier molecular flexibility index (Phi) is 20.0. The van der Waals surface area contributed by atoms with Gasteiger partial charge in [-0.2, -0.15) is 0 Å². The van der Waals surface area contributed by atoms with Crippen LogP contribution in [0.4, 0.5) is 0 Å². The van der Waals surface area contributed by atoms with Crippen LogP contribution in [-0.4, -0.2) is 63.7 Å². The molecule has 0 spiro atoms. The van der Waals surface area contributed by atoms with Crippen LogP contribution in [0, 0.1) is 29.6 Å². The summed E-state index contributed by atoms with van der Waals surface area (Å²) in [6.45, 7) is 25.6. The van der Waals surface area contributed by atoms with E-state index in [0.29, 0.717) is 6.42 Å². The summed E-state index contributed by atoms with van der Waals surface area (Å²) in [5.41, 5.74) is -3.13. The number of hydrogen-bond acceptors (Lipinski definition) is 7. The first-order valence-electron chi connectivity index (χ1n) is 14.0. The lowest BCUT2D eigenvalue weighted by Crippen LogP contribution is -2.56. The summed E-state index contributed by atoms with van der Waals surface area (Å²) in [4.78, 5) is 25.9. The normalized spacial score (nSPS) is 40.1. The van der Waals surface area contributed by atoms with Crippen LogP contribution in [0.5, 0.6) is 0 Å². The van der Waals surface area contributed by atoms with E-state index in [-0.39, 0.29) is 24.0 Å². The number of carbonyl (C=O) groups excluding carboxylic acids is 2. The highest BCUT2D eigenvalue weighted by molar-refractivity contribution is 5.83. The molecule has 0 radical (unpaired) electrons. The molecule has 1 fully saturated rings. The summed E-state index contributed by atoms with van der Waals surface area (Å²) in [6.07, 6.45) is -2.57. The second kappa shape index (κ2) is 18.3. The molecule has 1 rings (SSSR count). The molecule has 0 aromatic rings. The van der Waals surface area contributed by atoms with Gasteiger partial charge in [0.05, 0.1) is 23.7 Å². The first-order valence-corrected chi connectivity index (χ1v) is 14.0. The Balaban J connectivity index is -0.00000168. The second-order valence-electron chi connectivity index (χ2n) is 9.82. The summed E-state index contributed by atoms with van der Waals surface area (Å²) < 4.78 is 11.3. The van der Waals surface area contributed by atoms with Crippen molar-refractivity contribution in [1.29, 1.82) is 0 Å². The Morgan fingerprint density at radius 2 is 1.33 bits per heavy atom.